The van der Waals surface area contributed by atoms with Crippen molar-refractivity contribution in [2.24, 2.45) is 4.99 Å². The first-order chi connectivity index (χ1) is 7.90. The van der Waals surface area contributed by atoms with Gasteiger partial charge in [0.1, 0.15) is 0 Å². The van der Waals surface area contributed by atoms with E-state index in [1.165, 1.54) is 5.56 Å². The fourth-order valence-electron chi connectivity index (χ4n) is 2.31. The molecule has 1 N–H and O–H groups in total. The van der Waals surface area contributed by atoms with Gasteiger partial charge in [-0.25, -0.2) is 0 Å². The van der Waals surface area contributed by atoms with Crippen molar-refractivity contribution in [3.05, 3.63) is 17.7 Å². The number of hydrogen-bond donors (Lipinski definition) is 1. The summed E-state index contributed by atoms with van der Waals surface area (Å²) in [5.74, 6) is 2.64. The van der Waals surface area contributed by atoms with E-state index in [1.54, 1.807) is 0 Å². The quantitative estimate of drug-likeness (QED) is 0.704. The Kier molecular flexibility index (Phi) is 1.45. The van der Waals surface area contributed by atoms with Crippen molar-refractivity contribution >= 4 is 11.6 Å². The third kappa shape index (κ3) is 1.02. The standard InChI is InChI=1S/C11H11N3O2/c1-2-14-5-7-3-9-10(16-6-15-9)4-8(7)13-11(14)12-1/h3-4H,1-2,5-6H2,(H,12,13). The Morgan fingerprint density at radius 2 is 2.12 bits per heavy atom. The van der Waals surface area contributed by atoms with Crippen molar-refractivity contribution in [1.29, 1.82) is 0 Å². The molecule has 3 aliphatic heterocycles. The van der Waals surface area contributed by atoms with E-state index in [9.17, 15) is 0 Å². The minimum Gasteiger partial charge on any atom is -0.454 e. The van der Waals surface area contributed by atoms with E-state index in [4.69, 9.17) is 9.47 Å². The molecule has 5 heteroatoms. The Balaban J connectivity index is 1.81. The van der Waals surface area contributed by atoms with Crippen molar-refractivity contribution < 1.29 is 9.47 Å². The van der Waals surface area contributed by atoms with Crippen molar-refractivity contribution in [3.63, 3.8) is 0 Å². The van der Waals surface area contributed by atoms with Crippen molar-refractivity contribution in [3.8, 4) is 11.5 Å². The van der Waals surface area contributed by atoms with Crippen LogP contribution in [-0.4, -0.2) is 30.7 Å². The van der Waals surface area contributed by atoms with Gasteiger partial charge in [0.2, 0.25) is 6.79 Å². The normalized spacial score (nSPS) is 20.0. The van der Waals surface area contributed by atoms with E-state index in [0.29, 0.717) is 6.79 Å². The second kappa shape index (κ2) is 2.81. The Morgan fingerprint density at radius 1 is 1.25 bits per heavy atom. The maximum atomic E-state index is 5.38. The lowest BCUT2D eigenvalue weighted by Gasteiger charge is -2.28. The summed E-state index contributed by atoms with van der Waals surface area (Å²) < 4.78 is 10.7. The molecule has 0 atom stereocenters. The zero-order chi connectivity index (χ0) is 10.5. The van der Waals surface area contributed by atoms with E-state index in [1.807, 2.05) is 6.07 Å². The number of guanidine groups is 1. The molecule has 4 rings (SSSR count). The van der Waals surface area contributed by atoms with E-state index in [2.05, 4.69) is 21.3 Å². The lowest BCUT2D eigenvalue weighted by Crippen LogP contribution is -2.36. The first-order valence-corrected chi connectivity index (χ1v) is 5.39. The molecule has 0 aromatic heterocycles. The summed E-state index contributed by atoms with van der Waals surface area (Å²) in [7, 11) is 0. The van der Waals surface area contributed by atoms with Crippen LogP contribution in [0.3, 0.4) is 0 Å². The summed E-state index contributed by atoms with van der Waals surface area (Å²) in [6, 6.07) is 4.05. The number of aliphatic imine (C=N–C) groups is 1. The molecule has 0 saturated heterocycles. The van der Waals surface area contributed by atoms with E-state index < -0.39 is 0 Å². The number of hydrogen-bond acceptors (Lipinski definition) is 5. The van der Waals surface area contributed by atoms with Crippen LogP contribution >= 0.6 is 0 Å². The zero-order valence-electron chi connectivity index (χ0n) is 8.69. The molecule has 0 saturated carbocycles. The van der Waals surface area contributed by atoms with Gasteiger partial charge >= 0.3 is 0 Å². The van der Waals surface area contributed by atoms with Crippen molar-refractivity contribution in [1.82, 2.24) is 4.90 Å². The largest absolute Gasteiger partial charge is 0.454 e. The number of fused-ring (bicyclic) bond motifs is 3. The smallest absolute Gasteiger partial charge is 0.231 e. The first-order valence-electron chi connectivity index (χ1n) is 5.39. The number of benzene rings is 1. The van der Waals surface area contributed by atoms with Gasteiger partial charge in [0.25, 0.3) is 0 Å². The van der Waals surface area contributed by atoms with Crippen molar-refractivity contribution in [2.75, 3.05) is 25.2 Å². The second-order valence-corrected chi connectivity index (χ2v) is 4.11. The Hall–Kier alpha value is -1.91. The molecular weight excluding hydrogens is 206 g/mol. The van der Waals surface area contributed by atoms with Crippen LogP contribution in [-0.2, 0) is 6.54 Å². The van der Waals surface area contributed by atoms with Crippen LogP contribution in [0.5, 0.6) is 11.5 Å². The fourth-order valence-corrected chi connectivity index (χ4v) is 2.31. The molecule has 82 valence electrons. The highest BCUT2D eigenvalue weighted by Crippen LogP contribution is 2.39. The maximum Gasteiger partial charge on any atom is 0.231 e. The average Bonchev–Trinajstić information content (AvgIpc) is 2.89. The van der Waals surface area contributed by atoms with Crippen LogP contribution in [0, 0.1) is 0 Å². The Bertz CT molecular complexity index is 498. The molecule has 1 aromatic carbocycles. The van der Waals surface area contributed by atoms with Crippen LogP contribution < -0.4 is 14.8 Å². The van der Waals surface area contributed by atoms with Crippen LogP contribution in [0.1, 0.15) is 5.56 Å². The lowest BCUT2D eigenvalue weighted by molar-refractivity contribution is 0.174. The highest BCUT2D eigenvalue weighted by molar-refractivity contribution is 5.97. The summed E-state index contributed by atoms with van der Waals surface area (Å²) >= 11 is 0. The molecule has 0 bridgehead atoms. The molecule has 0 amide bonds. The number of nitrogens with one attached hydrogen (secondary N) is 1. The fraction of sp³-hybridized carbons (Fsp3) is 0.364. The Morgan fingerprint density at radius 3 is 3.06 bits per heavy atom. The summed E-state index contributed by atoms with van der Waals surface area (Å²) in [6.07, 6.45) is 0. The predicted octanol–water partition coefficient (Wildman–Crippen LogP) is 1.01. The summed E-state index contributed by atoms with van der Waals surface area (Å²) in [5, 5.41) is 3.33. The summed E-state index contributed by atoms with van der Waals surface area (Å²) in [6.45, 7) is 3.10. The minimum atomic E-state index is 0.322. The van der Waals surface area contributed by atoms with E-state index >= 15 is 0 Å². The summed E-state index contributed by atoms with van der Waals surface area (Å²) in [4.78, 5) is 6.65. The van der Waals surface area contributed by atoms with Gasteiger partial charge in [-0.2, -0.15) is 0 Å². The molecule has 0 aliphatic carbocycles. The Labute approximate surface area is 92.7 Å². The SMILES string of the molecule is c1c2c(cc3c1OCO3)NC1=NCCN1C2. The van der Waals surface area contributed by atoms with Crippen LogP contribution in [0.15, 0.2) is 17.1 Å². The van der Waals surface area contributed by atoms with Gasteiger partial charge < -0.3 is 19.7 Å². The van der Waals surface area contributed by atoms with E-state index in [-0.39, 0.29) is 0 Å². The second-order valence-electron chi connectivity index (χ2n) is 4.11. The predicted molar refractivity (Wildman–Crippen MR) is 58.9 cm³/mol. The van der Waals surface area contributed by atoms with Gasteiger partial charge in [-0.05, 0) is 11.6 Å². The molecule has 16 heavy (non-hydrogen) atoms. The minimum absolute atomic E-state index is 0.322. The molecule has 0 fully saturated rings. The van der Waals surface area contributed by atoms with Crippen molar-refractivity contribution in [2.45, 2.75) is 6.54 Å². The third-order valence-electron chi connectivity index (χ3n) is 3.14. The molecule has 5 nitrogen and oxygen atoms in total. The molecule has 1 aromatic rings. The summed E-state index contributed by atoms with van der Waals surface area (Å²) in [5.41, 5.74) is 2.33. The number of rotatable bonds is 0. The molecule has 0 unspecified atom stereocenters. The van der Waals surface area contributed by atoms with Crippen LogP contribution in [0.2, 0.25) is 0 Å². The monoisotopic (exact) mass is 217 g/mol. The molecule has 3 aliphatic rings. The van der Waals surface area contributed by atoms with Crippen LogP contribution in [0.4, 0.5) is 5.69 Å². The molecule has 0 spiro atoms. The highest BCUT2D eigenvalue weighted by Gasteiger charge is 2.26. The van der Waals surface area contributed by atoms with Gasteiger partial charge in [-0.1, -0.05) is 0 Å². The zero-order valence-corrected chi connectivity index (χ0v) is 8.69. The van der Waals surface area contributed by atoms with Gasteiger partial charge in [-0.15, -0.1) is 0 Å². The lowest BCUT2D eigenvalue weighted by atomic mass is 10.1. The average molecular weight is 217 g/mol. The van der Waals surface area contributed by atoms with E-state index in [0.717, 1.165) is 42.8 Å². The number of nitrogens with zero attached hydrogens (tertiary/aromatic N) is 2. The number of anilines is 1. The number of ether oxygens (including phenoxy) is 2. The van der Waals surface area contributed by atoms with Crippen LogP contribution in [0.25, 0.3) is 0 Å². The molecule has 0 radical (unpaired) electrons. The molecule has 3 heterocycles. The topological polar surface area (TPSA) is 46.1 Å². The maximum absolute atomic E-state index is 5.38. The van der Waals surface area contributed by atoms with Gasteiger partial charge in [0.05, 0.1) is 6.54 Å². The van der Waals surface area contributed by atoms with Gasteiger partial charge in [0, 0.05) is 24.8 Å². The molecular formula is C11H11N3O2. The third-order valence-corrected chi connectivity index (χ3v) is 3.14. The van der Waals surface area contributed by atoms with Gasteiger partial charge in [-0.3, -0.25) is 4.99 Å². The van der Waals surface area contributed by atoms with Gasteiger partial charge in [0.15, 0.2) is 17.5 Å². The first kappa shape index (κ1) is 8.27. The highest BCUT2D eigenvalue weighted by atomic mass is 16.7.